The second-order valence-corrected chi connectivity index (χ2v) is 5.40. The average Bonchev–Trinajstić information content (AvgIpc) is 2.74. The van der Waals surface area contributed by atoms with Crippen LogP contribution in [-0.2, 0) is 7.05 Å². The van der Waals surface area contributed by atoms with Crippen molar-refractivity contribution >= 4 is 51.7 Å². The van der Waals surface area contributed by atoms with E-state index in [1.165, 1.54) is 4.57 Å². The van der Waals surface area contributed by atoms with E-state index in [4.69, 9.17) is 12.2 Å². The Kier molecular flexibility index (Phi) is 4.12. The number of hydrogen-bond acceptors (Lipinski definition) is 3. The summed E-state index contributed by atoms with van der Waals surface area (Å²) in [5, 5.41) is 0. The topological polar surface area (TPSA) is 55.6 Å². The zero-order valence-corrected chi connectivity index (χ0v) is 13.6. The van der Waals surface area contributed by atoms with Crippen molar-refractivity contribution in [1.29, 1.82) is 0 Å². The maximum Gasteiger partial charge on any atom is 0.287 e. The SMILES string of the molecule is Cl.Cn1cnc2c(=O)n(-c3ccc(Br)cc3)c(=S)[nH]c21. The van der Waals surface area contributed by atoms with Crippen LogP contribution in [0.2, 0.25) is 0 Å². The lowest BCUT2D eigenvalue weighted by Crippen LogP contribution is -2.20. The molecule has 0 aliphatic carbocycles. The van der Waals surface area contributed by atoms with Crippen LogP contribution in [0.5, 0.6) is 0 Å². The summed E-state index contributed by atoms with van der Waals surface area (Å²) in [6.45, 7) is 0. The molecule has 0 fully saturated rings. The number of halogens is 2. The molecule has 2 aromatic heterocycles. The molecule has 0 saturated heterocycles. The van der Waals surface area contributed by atoms with Crippen molar-refractivity contribution in [2.24, 2.45) is 7.05 Å². The number of hydrogen-bond donors (Lipinski definition) is 1. The summed E-state index contributed by atoms with van der Waals surface area (Å²) in [6.07, 6.45) is 1.59. The highest BCUT2D eigenvalue weighted by Gasteiger charge is 2.10. The zero-order valence-electron chi connectivity index (χ0n) is 10.3. The van der Waals surface area contributed by atoms with Gasteiger partial charge in [-0.25, -0.2) is 4.98 Å². The van der Waals surface area contributed by atoms with E-state index in [1.54, 1.807) is 10.9 Å². The van der Waals surface area contributed by atoms with Crippen molar-refractivity contribution in [2.45, 2.75) is 0 Å². The Morgan fingerprint density at radius 3 is 2.60 bits per heavy atom. The van der Waals surface area contributed by atoms with Gasteiger partial charge in [-0.15, -0.1) is 12.4 Å². The highest BCUT2D eigenvalue weighted by atomic mass is 79.9. The van der Waals surface area contributed by atoms with Crippen LogP contribution >= 0.6 is 40.6 Å². The Balaban J connectivity index is 0.00000147. The highest BCUT2D eigenvalue weighted by Crippen LogP contribution is 2.14. The normalized spacial score (nSPS) is 10.5. The third-order valence-electron chi connectivity index (χ3n) is 2.86. The smallest absolute Gasteiger partial charge is 0.287 e. The number of rotatable bonds is 1. The van der Waals surface area contributed by atoms with Gasteiger partial charge < -0.3 is 9.55 Å². The molecule has 8 heteroatoms. The van der Waals surface area contributed by atoms with Gasteiger partial charge in [0.15, 0.2) is 10.3 Å². The summed E-state index contributed by atoms with van der Waals surface area (Å²) >= 11 is 8.62. The first-order chi connectivity index (χ1) is 9.08. The summed E-state index contributed by atoms with van der Waals surface area (Å²) < 4.78 is 4.47. The molecule has 0 spiro atoms. The summed E-state index contributed by atoms with van der Waals surface area (Å²) in [4.78, 5) is 19.6. The Labute approximate surface area is 133 Å². The molecule has 2 heterocycles. The first-order valence-corrected chi connectivity index (χ1v) is 6.70. The number of imidazole rings is 1. The van der Waals surface area contributed by atoms with Crippen molar-refractivity contribution in [3.63, 3.8) is 0 Å². The number of fused-ring (bicyclic) bond motifs is 1. The molecule has 3 aromatic rings. The van der Waals surface area contributed by atoms with E-state index in [0.29, 0.717) is 21.6 Å². The van der Waals surface area contributed by atoms with E-state index in [1.807, 2.05) is 31.3 Å². The molecule has 104 valence electrons. The predicted molar refractivity (Wildman–Crippen MR) is 86.4 cm³/mol. The van der Waals surface area contributed by atoms with Crippen molar-refractivity contribution < 1.29 is 0 Å². The molecule has 0 amide bonds. The van der Waals surface area contributed by atoms with Gasteiger partial charge in [0.05, 0.1) is 12.0 Å². The maximum atomic E-state index is 12.4. The Hall–Kier alpha value is -1.44. The van der Waals surface area contributed by atoms with Gasteiger partial charge in [-0.3, -0.25) is 9.36 Å². The fraction of sp³-hybridized carbons (Fsp3) is 0.0833. The molecule has 1 aromatic carbocycles. The maximum absolute atomic E-state index is 12.4. The molecule has 0 atom stereocenters. The van der Waals surface area contributed by atoms with Gasteiger partial charge in [0.1, 0.15) is 5.65 Å². The molecule has 0 saturated carbocycles. The molecular formula is C12H10BrClN4OS. The third kappa shape index (κ3) is 2.32. The van der Waals surface area contributed by atoms with Crippen molar-refractivity contribution in [3.05, 3.63) is 50.2 Å². The van der Waals surface area contributed by atoms with Gasteiger partial charge in [0.2, 0.25) is 0 Å². The molecule has 0 aliphatic heterocycles. The predicted octanol–water partition coefficient (Wildman–Crippen LogP) is 2.97. The number of aromatic amines is 1. The van der Waals surface area contributed by atoms with Gasteiger partial charge in [0.25, 0.3) is 5.56 Å². The van der Waals surface area contributed by atoms with Gasteiger partial charge in [-0.2, -0.15) is 0 Å². The molecule has 5 nitrogen and oxygen atoms in total. The first kappa shape index (κ1) is 15.0. The Bertz CT molecular complexity index is 881. The Morgan fingerprint density at radius 1 is 1.30 bits per heavy atom. The van der Waals surface area contributed by atoms with E-state index in [0.717, 1.165) is 4.47 Å². The molecule has 1 N–H and O–H groups in total. The zero-order chi connectivity index (χ0) is 13.6. The first-order valence-electron chi connectivity index (χ1n) is 5.50. The standard InChI is InChI=1S/C12H9BrN4OS.ClH/c1-16-6-14-9-10(16)15-12(19)17(11(9)18)8-4-2-7(13)3-5-8;/h2-6H,1H3,(H,15,19);1H. The molecular weight excluding hydrogens is 364 g/mol. The van der Waals surface area contributed by atoms with Crippen LogP contribution in [0.1, 0.15) is 0 Å². The van der Waals surface area contributed by atoms with Crippen LogP contribution in [0.25, 0.3) is 16.9 Å². The van der Waals surface area contributed by atoms with E-state index in [-0.39, 0.29) is 18.0 Å². The third-order valence-corrected chi connectivity index (χ3v) is 3.67. The average molecular weight is 374 g/mol. The number of nitrogens with one attached hydrogen (secondary N) is 1. The van der Waals surface area contributed by atoms with Gasteiger partial charge >= 0.3 is 0 Å². The quantitative estimate of drug-likeness (QED) is 0.667. The molecule has 3 rings (SSSR count). The summed E-state index contributed by atoms with van der Waals surface area (Å²) in [7, 11) is 1.81. The van der Waals surface area contributed by atoms with Crippen LogP contribution in [0.4, 0.5) is 0 Å². The number of nitrogens with zero attached hydrogens (tertiary/aromatic N) is 3. The summed E-state index contributed by atoms with van der Waals surface area (Å²) in [5.41, 5.74) is 1.49. The van der Waals surface area contributed by atoms with E-state index in [9.17, 15) is 4.79 Å². The van der Waals surface area contributed by atoms with Crippen molar-refractivity contribution in [1.82, 2.24) is 19.1 Å². The fourth-order valence-electron chi connectivity index (χ4n) is 1.91. The highest BCUT2D eigenvalue weighted by molar-refractivity contribution is 9.10. The molecule has 0 unspecified atom stereocenters. The number of aryl methyl sites for hydroxylation is 1. The summed E-state index contributed by atoms with van der Waals surface area (Å²) in [6, 6.07) is 7.37. The molecule has 0 radical (unpaired) electrons. The fourth-order valence-corrected chi connectivity index (χ4v) is 2.46. The molecule has 0 bridgehead atoms. The van der Waals surface area contributed by atoms with Crippen LogP contribution in [0, 0.1) is 4.77 Å². The second kappa shape index (κ2) is 5.51. The summed E-state index contributed by atoms with van der Waals surface area (Å²) in [5.74, 6) is 0. The minimum absolute atomic E-state index is 0. The minimum atomic E-state index is -0.221. The minimum Gasteiger partial charge on any atom is -0.320 e. The van der Waals surface area contributed by atoms with Gasteiger partial charge in [-0.1, -0.05) is 15.9 Å². The molecule has 0 aliphatic rings. The second-order valence-electron chi connectivity index (χ2n) is 4.10. The van der Waals surface area contributed by atoms with E-state index >= 15 is 0 Å². The lowest BCUT2D eigenvalue weighted by atomic mass is 10.3. The Morgan fingerprint density at radius 2 is 1.95 bits per heavy atom. The van der Waals surface area contributed by atoms with Crippen LogP contribution < -0.4 is 5.56 Å². The van der Waals surface area contributed by atoms with Crippen molar-refractivity contribution in [2.75, 3.05) is 0 Å². The van der Waals surface area contributed by atoms with E-state index < -0.39 is 0 Å². The monoisotopic (exact) mass is 372 g/mol. The van der Waals surface area contributed by atoms with Gasteiger partial charge in [0, 0.05) is 11.5 Å². The van der Waals surface area contributed by atoms with Crippen LogP contribution in [0.3, 0.4) is 0 Å². The van der Waals surface area contributed by atoms with E-state index in [2.05, 4.69) is 25.9 Å². The number of benzene rings is 1. The number of H-pyrrole nitrogens is 1. The lowest BCUT2D eigenvalue weighted by Gasteiger charge is -2.06. The van der Waals surface area contributed by atoms with Crippen LogP contribution in [0.15, 0.2) is 39.9 Å². The van der Waals surface area contributed by atoms with Crippen LogP contribution in [-0.4, -0.2) is 19.1 Å². The lowest BCUT2D eigenvalue weighted by molar-refractivity contribution is 0.897. The number of aromatic nitrogens is 4. The largest absolute Gasteiger partial charge is 0.320 e. The molecule has 20 heavy (non-hydrogen) atoms. The van der Waals surface area contributed by atoms with Crippen molar-refractivity contribution in [3.8, 4) is 5.69 Å². The van der Waals surface area contributed by atoms with Gasteiger partial charge in [-0.05, 0) is 36.5 Å².